The minimum atomic E-state index is -0.422. The summed E-state index contributed by atoms with van der Waals surface area (Å²) in [5.41, 5.74) is 2.45. The van der Waals surface area contributed by atoms with E-state index in [1.54, 1.807) is 6.92 Å². The van der Waals surface area contributed by atoms with Gasteiger partial charge in [0.2, 0.25) is 0 Å². The van der Waals surface area contributed by atoms with Gasteiger partial charge in [-0.2, -0.15) is 0 Å². The molecule has 0 heterocycles. The van der Waals surface area contributed by atoms with Crippen LogP contribution in [0.4, 0.5) is 0 Å². The molecule has 2 rings (SSSR count). The number of hydrogen-bond donors (Lipinski definition) is 0. The highest BCUT2D eigenvalue weighted by Gasteiger charge is 2.22. The topological polar surface area (TPSA) is 26.3 Å². The zero-order valence-electron chi connectivity index (χ0n) is 11.6. The number of benzene rings is 1. The third kappa shape index (κ3) is 3.34. The maximum absolute atomic E-state index is 11.2. The van der Waals surface area contributed by atoms with Gasteiger partial charge in [-0.15, -0.1) is 0 Å². The number of Topliss-reactive ketones (excluding diaryl/α,β-unsaturated/α-hetero) is 1. The molecule has 0 radical (unpaired) electrons. The first-order valence-corrected chi connectivity index (χ1v) is 6.76. The number of ketones is 1. The lowest BCUT2D eigenvalue weighted by molar-refractivity contribution is -0.120. The Morgan fingerprint density at radius 1 is 1.22 bits per heavy atom. The molecule has 18 heavy (non-hydrogen) atoms. The highest BCUT2D eigenvalue weighted by Crippen LogP contribution is 2.28. The van der Waals surface area contributed by atoms with Crippen LogP contribution in [0, 0.1) is 0 Å². The Hall–Kier alpha value is -1.31. The second-order valence-electron chi connectivity index (χ2n) is 5.88. The molecule has 2 heteroatoms. The number of aryl methyl sites for hydroxylation is 2. The first-order valence-electron chi connectivity index (χ1n) is 6.76. The van der Waals surface area contributed by atoms with Crippen LogP contribution < -0.4 is 4.74 Å². The van der Waals surface area contributed by atoms with Crippen LogP contribution in [0.2, 0.25) is 0 Å². The summed E-state index contributed by atoms with van der Waals surface area (Å²) in [6, 6.07) is 6.36. The van der Waals surface area contributed by atoms with Crippen molar-refractivity contribution in [2.24, 2.45) is 0 Å². The van der Waals surface area contributed by atoms with Crippen molar-refractivity contribution in [1.82, 2.24) is 0 Å². The van der Waals surface area contributed by atoms with Crippen LogP contribution in [0.5, 0.6) is 5.75 Å². The third-order valence-corrected chi connectivity index (χ3v) is 3.39. The first-order chi connectivity index (χ1) is 8.46. The molecule has 1 aromatic carbocycles. The van der Waals surface area contributed by atoms with E-state index in [0.29, 0.717) is 6.42 Å². The Labute approximate surface area is 109 Å². The lowest BCUT2D eigenvalue weighted by Gasteiger charge is -2.26. The predicted molar refractivity (Wildman–Crippen MR) is 73.1 cm³/mol. The normalized spacial score (nSPS) is 15.1. The van der Waals surface area contributed by atoms with E-state index in [2.05, 4.69) is 12.1 Å². The first kappa shape index (κ1) is 13.1. The average molecular weight is 246 g/mol. The molecule has 0 saturated heterocycles. The molecule has 0 N–H and O–H groups in total. The van der Waals surface area contributed by atoms with E-state index >= 15 is 0 Å². The van der Waals surface area contributed by atoms with Gasteiger partial charge in [0.15, 0.2) is 0 Å². The number of fused-ring (bicyclic) bond motifs is 1. The van der Waals surface area contributed by atoms with Gasteiger partial charge in [-0.3, -0.25) is 4.79 Å². The molecule has 1 aromatic rings. The Morgan fingerprint density at radius 3 is 2.56 bits per heavy atom. The maximum atomic E-state index is 11.2. The van der Waals surface area contributed by atoms with Crippen molar-refractivity contribution in [3.8, 4) is 5.75 Å². The van der Waals surface area contributed by atoms with E-state index in [1.165, 1.54) is 30.4 Å². The van der Waals surface area contributed by atoms with Crippen molar-refractivity contribution in [3.05, 3.63) is 29.3 Å². The van der Waals surface area contributed by atoms with Crippen LogP contribution in [0.25, 0.3) is 0 Å². The summed E-state index contributed by atoms with van der Waals surface area (Å²) in [6.45, 7) is 5.54. The molecule has 0 bridgehead atoms. The van der Waals surface area contributed by atoms with Gasteiger partial charge in [0.05, 0.1) is 0 Å². The number of rotatable bonds is 4. The zero-order valence-corrected chi connectivity index (χ0v) is 11.6. The largest absolute Gasteiger partial charge is 0.487 e. The fraction of sp³-hybridized carbons (Fsp3) is 0.562. The van der Waals surface area contributed by atoms with Gasteiger partial charge in [0.1, 0.15) is 17.1 Å². The Kier molecular flexibility index (Phi) is 3.74. The summed E-state index contributed by atoms with van der Waals surface area (Å²) in [5, 5.41) is 0. The summed E-state index contributed by atoms with van der Waals surface area (Å²) in [5.74, 6) is 1.06. The molecular weight excluding hydrogens is 224 g/mol. The van der Waals surface area contributed by atoms with E-state index in [0.717, 1.165) is 12.2 Å². The molecular formula is C16H22O2. The molecule has 0 saturated carbocycles. The SMILES string of the molecule is CC(=O)CC(C)(C)Oc1ccc2c(c1)CCCC2. The summed E-state index contributed by atoms with van der Waals surface area (Å²) in [7, 11) is 0. The quantitative estimate of drug-likeness (QED) is 0.809. The van der Waals surface area contributed by atoms with Crippen LogP contribution in [0.15, 0.2) is 18.2 Å². The molecule has 2 nitrogen and oxygen atoms in total. The van der Waals surface area contributed by atoms with Gasteiger partial charge in [-0.25, -0.2) is 0 Å². The minimum Gasteiger partial charge on any atom is -0.487 e. The molecule has 0 amide bonds. The number of carbonyl (C=O) groups is 1. The summed E-state index contributed by atoms with van der Waals surface area (Å²) >= 11 is 0. The third-order valence-electron chi connectivity index (χ3n) is 3.39. The van der Waals surface area contributed by atoms with Crippen LogP contribution in [-0.2, 0) is 17.6 Å². The fourth-order valence-electron chi connectivity index (χ4n) is 2.73. The monoisotopic (exact) mass is 246 g/mol. The lowest BCUT2D eigenvalue weighted by Crippen LogP contribution is -2.30. The molecule has 0 aromatic heterocycles. The molecule has 0 unspecified atom stereocenters. The molecule has 0 atom stereocenters. The maximum Gasteiger partial charge on any atom is 0.133 e. The Morgan fingerprint density at radius 2 is 1.89 bits per heavy atom. The van der Waals surface area contributed by atoms with E-state index in [9.17, 15) is 4.79 Å². The fourth-order valence-corrected chi connectivity index (χ4v) is 2.73. The Bertz CT molecular complexity index is 446. The van der Waals surface area contributed by atoms with Crippen LogP contribution in [0.3, 0.4) is 0 Å². The standard InChI is InChI=1S/C16H22O2/c1-12(17)11-16(2,3)18-15-9-8-13-6-4-5-7-14(13)10-15/h8-10H,4-7,11H2,1-3H3. The van der Waals surface area contributed by atoms with E-state index < -0.39 is 5.60 Å². The summed E-state index contributed by atoms with van der Waals surface area (Å²) in [4.78, 5) is 11.2. The van der Waals surface area contributed by atoms with Gasteiger partial charge in [-0.1, -0.05) is 6.07 Å². The van der Waals surface area contributed by atoms with Crippen molar-refractivity contribution in [2.45, 2.75) is 58.5 Å². The van der Waals surface area contributed by atoms with Crippen LogP contribution >= 0.6 is 0 Å². The van der Waals surface area contributed by atoms with Gasteiger partial charge < -0.3 is 4.74 Å². The van der Waals surface area contributed by atoms with Gasteiger partial charge >= 0.3 is 0 Å². The van der Waals surface area contributed by atoms with Crippen molar-refractivity contribution >= 4 is 5.78 Å². The second-order valence-corrected chi connectivity index (χ2v) is 5.88. The summed E-state index contributed by atoms with van der Waals surface area (Å²) in [6.07, 6.45) is 5.35. The predicted octanol–water partition coefficient (Wildman–Crippen LogP) is 3.70. The molecule has 0 aliphatic heterocycles. The lowest BCUT2D eigenvalue weighted by atomic mass is 9.91. The van der Waals surface area contributed by atoms with Gasteiger partial charge in [0, 0.05) is 6.42 Å². The van der Waals surface area contributed by atoms with E-state index in [4.69, 9.17) is 4.74 Å². The highest BCUT2D eigenvalue weighted by molar-refractivity contribution is 5.76. The number of carbonyl (C=O) groups excluding carboxylic acids is 1. The van der Waals surface area contributed by atoms with Crippen LogP contribution in [-0.4, -0.2) is 11.4 Å². The van der Waals surface area contributed by atoms with Crippen molar-refractivity contribution < 1.29 is 9.53 Å². The van der Waals surface area contributed by atoms with Gasteiger partial charge in [-0.05, 0) is 69.7 Å². The molecule has 0 fully saturated rings. The second kappa shape index (κ2) is 5.13. The highest BCUT2D eigenvalue weighted by atomic mass is 16.5. The van der Waals surface area contributed by atoms with E-state index in [1.807, 2.05) is 19.9 Å². The Balaban J connectivity index is 2.12. The van der Waals surface area contributed by atoms with E-state index in [-0.39, 0.29) is 5.78 Å². The molecule has 1 aliphatic carbocycles. The smallest absolute Gasteiger partial charge is 0.133 e. The summed E-state index contributed by atoms with van der Waals surface area (Å²) < 4.78 is 5.96. The average Bonchev–Trinajstić information content (AvgIpc) is 2.26. The number of ether oxygens (including phenoxy) is 1. The van der Waals surface area contributed by atoms with Crippen molar-refractivity contribution in [1.29, 1.82) is 0 Å². The van der Waals surface area contributed by atoms with Crippen molar-refractivity contribution in [3.63, 3.8) is 0 Å². The van der Waals surface area contributed by atoms with Gasteiger partial charge in [0.25, 0.3) is 0 Å². The zero-order chi connectivity index (χ0) is 13.2. The minimum absolute atomic E-state index is 0.165. The number of hydrogen-bond acceptors (Lipinski definition) is 2. The van der Waals surface area contributed by atoms with Crippen molar-refractivity contribution in [2.75, 3.05) is 0 Å². The molecule has 98 valence electrons. The molecule has 1 aliphatic rings. The van der Waals surface area contributed by atoms with Crippen LogP contribution in [0.1, 0.15) is 51.2 Å². The molecule has 0 spiro atoms.